The Bertz CT molecular complexity index is 2930. The number of phenolic OH excluding ortho intramolecular Hbond substituents is 1. The average Bonchev–Trinajstić information content (AvgIpc) is 1.24. The first-order valence-corrected chi connectivity index (χ1v) is 30.4. The van der Waals surface area contributed by atoms with E-state index in [2.05, 4.69) is 68.5 Å². The maximum atomic E-state index is 14.4. The molecular formula is C58H92N16O21. The van der Waals surface area contributed by atoms with Gasteiger partial charge in [-0.1, -0.05) is 46.2 Å². The zero-order chi connectivity index (χ0) is 72.0. The predicted molar refractivity (Wildman–Crippen MR) is 332 cm³/mol. The number of aromatic amines is 1. The number of nitrogens with two attached hydrogens (primary N) is 2. The Morgan fingerprint density at radius 2 is 0.979 bits per heavy atom. The van der Waals surface area contributed by atoms with E-state index in [4.69, 9.17) is 16.6 Å². The van der Waals surface area contributed by atoms with E-state index in [0.717, 1.165) is 27.7 Å². The molecule has 37 heteroatoms. The first-order chi connectivity index (χ1) is 44.5. The number of aromatic nitrogens is 2. The summed E-state index contributed by atoms with van der Waals surface area (Å²) >= 11 is 0. The molecule has 0 saturated heterocycles. The first-order valence-electron chi connectivity index (χ1n) is 30.4. The zero-order valence-electron chi connectivity index (χ0n) is 53.9. The highest BCUT2D eigenvalue weighted by Crippen LogP contribution is 2.15. The van der Waals surface area contributed by atoms with Crippen LogP contribution >= 0.6 is 0 Å². The summed E-state index contributed by atoms with van der Waals surface area (Å²) in [6.07, 6.45) is -2.81. The molecule has 37 nitrogen and oxygen atoms in total. The van der Waals surface area contributed by atoms with Gasteiger partial charge < -0.3 is 116 Å². The molecule has 0 unspecified atom stereocenters. The molecule has 0 fully saturated rings. The van der Waals surface area contributed by atoms with Crippen LogP contribution < -0.4 is 75.3 Å². The van der Waals surface area contributed by atoms with E-state index in [1.807, 2.05) is 5.32 Å². The number of hydrogen-bond donors (Lipinski definition) is 22. The van der Waals surface area contributed by atoms with Crippen molar-refractivity contribution in [2.75, 3.05) is 26.2 Å². The summed E-state index contributed by atoms with van der Waals surface area (Å²) in [6.45, 7) is 8.27. The normalized spacial score (nSPS) is 15.9. The zero-order valence-corrected chi connectivity index (χ0v) is 53.9. The van der Waals surface area contributed by atoms with Crippen LogP contribution in [0.25, 0.3) is 0 Å². The number of phenols is 1. The molecule has 1 heterocycles. The Labute approximate surface area is 546 Å². The topological polar surface area (TPSA) is 606 Å². The number of carboxylic acids is 2. The number of carboxylic acid groups (broad SMARTS) is 2. The molecule has 1 aromatic carbocycles. The van der Waals surface area contributed by atoms with E-state index in [1.165, 1.54) is 50.6 Å². The van der Waals surface area contributed by atoms with Crippen LogP contribution in [-0.2, 0) is 80.0 Å². The molecule has 15 atom stereocenters. The Kier molecular flexibility index (Phi) is 34.9. The molecule has 530 valence electrons. The number of amides is 12. The lowest BCUT2D eigenvalue weighted by Gasteiger charge is -2.30. The third-order valence-electron chi connectivity index (χ3n) is 14.6. The molecule has 0 radical (unpaired) electrons. The number of aromatic hydroxyl groups is 1. The molecule has 2 aromatic rings. The van der Waals surface area contributed by atoms with E-state index in [9.17, 15) is 97.8 Å². The number of nitrogens with zero attached hydrogens (tertiary/aromatic N) is 1. The van der Waals surface area contributed by atoms with Crippen molar-refractivity contribution in [2.45, 2.75) is 185 Å². The van der Waals surface area contributed by atoms with Gasteiger partial charge in [0.2, 0.25) is 70.9 Å². The second-order valence-corrected chi connectivity index (χ2v) is 23.0. The van der Waals surface area contributed by atoms with Crippen molar-refractivity contribution >= 4 is 82.8 Å². The number of hydrogen-bond acceptors (Lipinski definition) is 22. The number of aliphatic hydroxyl groups excluding tert-OH is 4. The fourth-order valence-electron chi connectivity index (χ4n) is 8.81. The minimum atomic E-state index is -1.83. The van der Waals surface area contributed by atoms with Gasteiger partial charge >= 0.3 is 11.9 Å². The highest BCUT2D eigenvalue weighted by Gasteiger charge is 2.38. The van der Waals surface area contributed by atoms with Crippen molar-refractivity contribution in [1.82, 2.24) is 73.8 Å². The number of carbonyl (C=O) groups is 14. The lowest BCUT2D eigenvalue weighted by atomic mass is 9.96. The van der Waals surface area contributed by atoms with E-state index < -0.39 is 206 Å². The van der Waals surface area contributed by atoms with Crippen molar-refractivity contribution < 1.29 is 103 Å². The van der Waals surface area contributed by atoms with Crippen LogP contribution in [0.5, 0.6) is 5.75 Å². The lowest BCUT2D eigenvalue weighted by Crippen LogP contribution is -2.62. The van der Waals surface area contributed by atoms with Gasteiger partial charge in [0.25, 0.3) is 0 Å². The van der Waals surface area contributed by atoms with Crippen molar-refractivity contribution in [3.63, 3.8) is 0 Å². The van der Waals surface area contributed by atoms with Crippen LogP contribution in [0.15, 0.2) is 36.8 Å². The Balaban J connectivity index is 2.22. The maximum Gasteiger partial charge on any atom is 0.326 e. The van der Waals surface area contributed by atoms with Crippen LogP contribution in [0.4, 0.5) is 0 Å². The summed E-state index contributed by atoms with van der Waals surface area (Å²) in [7, 11) is 0. The molecular weight excluding hydrogens is 1260 g/mol. The fraction of sp³-hybridized carbons (Fsp3) is 0.603. The fourth-order valence-corrected chi connectivity index (χ4v) is 8.81. The van der Waals surface area contributed by atoms with Gasteiger partial charge in [-0.25, -0.2) is 9.78 Å². The first kappa shape index (κ1) is 81.7. The molecule has 2 rings (SSSR count). The molecule has 0 aliphatic heterocycles. The smallest absolute Gasteiger partial charge is 0.326 e. The predicted octanol–water partition coefficient (Wildman–Crippen LogP) is -8.15. The standard InChI is InChI=1S/C58H92N16O21/c1-9-27(4)44(72-50(86)36(12-10-11-17-59)66-51(87)37(18-32-13-15-34(79)16-14-32)68-52(88)38(19-33-21-61-25-64-33)67-49(85)35(60)24-75)56(92)74-46(30(7)77)54(90)63-23-41(81)71-47(31(8)78)57(93)65-28(5)48(84)73-45(29(6)76)53(89)62-22-40(80)70-43(26(2)3)55(91)69-39(58(94)95)20-42(82)83/h13-16,21,25-31,35-39,43-47,75-79H,9-12,17-20,22-24,59-60H2,1-8H3,(H,61,64)(H,62,89)(H,63,90)(H,65,93)(H,66,87)(H,67,85)(H,68,88)(H,69,91)(H,70,80)(H,71,81)(H,72,86)(H,73,84)(H,74,92)(H,82,83)(H,94,95)/t27-,28-,29+,30+,31+,35-,36-,37-,38-,39-,43-,44-,45-,46-,47-/m0/s1. The monoisotopic (exact) mass is 1350 g/mol. The van der Waals surface area contributed by atoms with E-state index >= 15 is 0 Å². The quantitative estimate of drug-likeness (QED) is 0.0275. The maximum absolute atomic E-state index is 14.4. The van der Waals surface area contributed by atoms with E-state index in [1.54, 1.807) is 13.8 Å². The number of imidazole rings is 1. The SMILES string of the molecule is CC[C@H](C)[C@H](NC(=O)[C@H](CCCCN)NC(=O)[C@H](Cc1ccc(O)cc1)NC(=O)[C@H](Cc1cnc[nH]1)NC(=O)[C@@H](N)CO)C(=O)N[C@H](C(=O)NCC(=O)N[C@H](C(=O)N[C@@H](C)C(=O)N[C@H](C(=O)NCC(=O)N[C@H](C(=O)N[C@@H](CC(=O)O)C(=O)O)C(C)C)[C@@H](C)O)[C@@H](C)O)[C@@H](C)O. The van der Waals surface area contributed by atoms with Gasteiger partial charge in [-0.2, -0.15) is 0 Å². The number of carbonyl (C=O) groups excluding carboxylic acids is 12. The van der Waals surface area contributed by atoms with Crippen molar-refractivity contribution in [1.29, 1.82) is 0 Å². The van der Waals surface area contributed by atoms with E-state index in [0.29, 0.717) is 17.7 Å². The highest BCUT2D eigenvalue weighted by molar-refractivity contribution is 5.99. The van der Waals surface area contributed by atoms with Crippen LogP contribution in [0.1, 0.15) is 98.8 Å². The summed E-state index contributed by atoms with van der Waals surface area (Å²) in [5.74, 6) is -17.0. The molecule has 24 N–H and O–H groups in total. The van der Waals surface area contributed by atoms with Crippen LogP contribution in [0.3, 0.4) is 0 Å². The molecule has 0 bridgehead atoms. The number of benzene rings is 1. The average molecular weight is 1350 g/mol. The number of rotatable bonds is 42. The number of aliphatic hydroxyl groups is 4. The molecule has 0 spiro atoms. The summed E-state index contributed by atoms with van der Waals surface area (Å²) in [6, 6.07) is -11.7. The molecule has 0 aliphatic carbocycles. The number of H-pyrrole nitrogens is 1. The van der Waals surface area contributed by atoms with Crippen molar-refractivity contribution in [3.05, 3.63) is 48.0 Å². The summed E-state index contributed by atoms with van der Waals surface area (Å²) in [5, 5.41) is 97.4. The third kappa shape index (κ3) is 28.4. The molecule has 95 heavy (non-hydrogen) atoms. The van der Waals surface area contributed by atoms with Gasteiger partial charge in [0, 0.05) is 24.7 Å². The minimum Gasteiger partial charge on any atom is -0.508 e. The second kappa shape index (κ2) is 40.6. The Hall–Kier alpha value is -9.43. The van der Waals surface area contributed by atoms with Crippen molar-refractivity contribution in [2.24, 2.45) is 23.3 Å². The number of aliphatic carboxylic acids is 2. The van der Waals surface area contributed by atoms with E-state index in [-0.39, 0.29) is 44.4 Å². The summed E-state index contributed by atoms with van der Waals surface area (Å²) in [4.78, 5) is 191. The molecule has 1 aromatic heterocycles. The van der Waals surface area contributed by atoms with Gasteiger partial charge in [0.15, 0.2) is 0 Å². The molecule has 0 aliphatic rings. The van der Waals surface area contributed by atoms with Crippen LogP contribution in [0, 0.1) is 11.8 Å². The van der Waals surface area contributed by atoms with Gasteiger partial charge in [-0.15, -0.1) is 0 Å². The summed E-state index contributed by atoms with van der Waals surface area (Å²) in [5.41, 5.74) is 12.3. The Morgan fingerprint density at radius 1 is 0.526 bits per heavy atom. The van der Waals surface area contributed by atoms with Crippen LogP contribution in [0.2, 0.25) is 0 Å². The van der Waals surface area contributed by atoms with Crippen molar-refractivity contribution in [3.8, 4) is 5.75 Å². The van der Waals surface area contributed by atoms with Gasteiger partial charge in [-0.05, 0) is 83.0 Å². The third-order valence-corrected chi connectivity index (χ3v) is 14.6. The largest absolute Gasteiger partial charge is 0.508 e. The minimum absolute atomic E-state index is 0.0560. The van der Waals surface area contributed by atoms with Gasteiger partial charge in [-0.3, -0.25) is 62.3 Å². The lowest BCUT2D eigenvalue weighted by molar-refractivity contribution is -0.147. The molecule has 0 saturated carbocycles. The summed E-state index contributed by atoms with van der Waals surface area (Å²) < 4.78 is 0. The second-order valence-electron chi connectivity index (χ2n) is 23.0. The highest BCUT2D eigenvalue weighted by atomic mass is 16.4. The molecule has 12 amide bonds. The number of unbranched alkanes of at least 4 members (excludes halogenated alkanes) is 1. The van der Waals surface area contributed by atoms with Gasteiger partial charge in [0.05, 0.1) is 50.8 Å². The Morgan fingerprint density at radius 3 is 1.45 bits per heavy atom. The number of nitrogens with one attached hydrogen (secondary N) is 13. The van der Waals surface area contributed by atoms with Gasteiger partial charge in [0.1, 0.15) is 72.2 Å². The van der Waals surface area contributed by atoms with Crippen LogP contribution in [-0.4, -0.2) is 240 Å².